The lowest BCUT2D eigenvalue weighted by molar-refractivity contribution is -0.146. The number of carbonyl (C=O) groups is 5. The van der Waals surface area contributed by atoms with E-state index in [2.05, 4.69) is 15.6 Å². The molecule has 2 aromatic carbocycles. The van der Waals surface area contributed by atoms with E-state index in [0.29, 0.717) is 24.2 Å². The molecular formula is C32H33N5O6. The number of anilines is 1. The first-order valence-electron chi connectivity index (χ1n) is 14.2. The molecule has 0 bridgehead atoms. The Morgan fingerprint density at radius 3 is 2.40 bits per heavy atom. The zero-order valence-electron chi connectivity index (χ0n) is 23.8. The molecule has 2 aliphatic rings. The maximum absolute atomic E-state index is 13.9. The Bertz CT molecular complexity index is 1490. The maximum atomic E-state index is 13.9. The van der Waals surface area contributed by atoms with Crippen LogP contribution in [0.25, 0.3) is 0 Å². The van der Waals surface area contributed by atoms with Crippen molar-refractivity contribution in [3.05, 3.63) is 96.3 Å². The Labute approximate surface area is 249 Å². The summed E-state index contributed by atoms with van der Waals surface area (Å²) in [4.78, 5) is 73.3. The van der Waals surface area contributed by atoms with Crippen molar-refractivity contribution in [2.24, 2.45) is 0 Å². The van der Waals surface area contributed by atoms with E-state index in [9.17, 15) is 24.0 Å². The Balaban J connectivity index is 1.31. The lowest BCUT2D eigenvalue weighted by Crippen LogP contribution is -2.59. The van der Waals surface area contributed by atoms with Crippen molar-refractivity contribution in [1.82, 2.24) is 20.1 Å². The Kier molecular flexibility index (Phi) is 8.79. The fourth-order valence-electron chi connectivity index (χ4n) is 5.65. The van der Waals surface area contributed by atoms with Gasteiger partial charge in [0.25, 0.3) is 5.91 Å². The molecule has 0 aliphatic carbocycles. The average Bonchev–Trinajstić information content (AvgIpc) is 3.66. The van der Waals surface area contributed by atoms with Gasteiger partial charge < -0.3 is 20.3 Å². The van der Waals surface area contributed by atoms with Crippen LogP contribution in [-0.2, 0) is 36.1 Å². The van der Waals surface area contributed by atoms with Crippen LogP contribution in [0.3, 0.4) is 0 Å². The smallest absolute Gasteiger partial charge is 0.417 e. The molecule has 5 amide bonds. The van der Waals surface area contributed by atoms with Gasteiger partial charge in [0, 0.05) is 24.8 Å². The van der Waals surface area contributed by atoms with E-state index in [1.54, 1.807) is 72.9 Å². The van der Waals surface area contributed by atoms with Crippen LogP contribution in [0, 0.1) is 0 Å². The highest BCUT2D eigenvalue weighted by atomic mass is 16.6. The molecule has 2 fully saturated rings. The van der Waals surface area contributed by atoms with E-state index in [1.165, 1.54) is 11.8 Å². The van der Waals surface area contributed by atoms with Crippen molar-refractivity contribution in [1.29, 1.82) is 0 Å². The van der Waals surface area contributed by atoms with Crippen LogP contribution >= 0.6 is 0 Å². The molecule has 2 aliphatic heterocycles. The van der Waals surface area contributed by atoms with Gasteiger partial charge >= 0.3 is 6.09 Å². The molecule has 2 N–H and O–H groups in total. The SMILES string of the molecule is C[C@H](NC(=O)[C@@H]1CCC(=O)N1C(=O)OCc1ccccc1)C(=O)N1CCC[C@]1(C(=O)Nc1ccccc1)c1ccccn1. The van der Waals surface area contributed by atoms with Crippen LogP contribution in [0.15, 0.2) is 85.1 Å². The molecule has 1 aromatic heterocycles. The van der Waals surface area contributed by atoms with E-state index in [1.807, 2.05) is 12.1 Å². The third kappa shape index (κ3) is 6.11. The number of carbonyl (C=O) groups excluding carboxylic acids is 5. The summed E-state index contributed by atoms with van der Waals surface area (Å²) in [5, 5.41) is 5.60. The molecule has 2 saturated heterocycles. The average molecular weight is 584 g/mol. The fourth-order valence-corrected chi connectivity index (χ4v) is 5.65. The number of aromatic nitrogens is 1. The highest BCUT2D eigenvalue weighted by molar-refractivity contribution is 6.04. The number of imide groups is 1. The van der Waals surface area contributed by atoms with Crippen molar-refractivity contribution in [3.63, 3.8) is 0 Å². The van der Waals surface area contributed by atoms with Gasteiger partial charge in [-0.25, -0.2) is 9.69 Å². The van der Waals surface area contributed by atoms with Crippen LogP contribution in [-0.4, -0.2) is 63.1 Å². The van der Waals surface area contributed by atoms with Gasteiger partial charge in [-0.1, -0.05) is 54.6 Å². The van der Waals surface area contributed by atoms with Crippen molar-refractivity contribution >= 4 is 35.4 Å². The molecule has 0 saturated carbocycles. The molecule has 0 unspecified atom stereocenters. The van der Waals surface area contributed by atoms with Crippen LogP contribution in [0.1, 0.15) is 43.9 Å². The number of hydrogen-bond acceptors (Lipinski definition) is 7. The van der Waals surface area contributed by atoms with Gasteiger partial charge in [0.05, 0.1) is 5.69 Å². The zero-order valence-corrected chi connectivity index (χ0v) is 23.8. The Morgan fingerprint density at radius 2 is 1.70 bits per heavy atom. The fraction of sp³-hybridized carbons (Fsp3) is 0.312. The summed E-state index contributed by atoms with van der Waals surface area (Å²) in [6.45, 7) is 1.74. The molecular weight excluding hydrogens is 550 g/mol. The number of rotatable bonds is 8. The molecule has 0 radical (unpaired) electrons. The Morgan fingerprint density at radius 1 is 1.00 bits per heavy atom. The predicted molar refractivity (Wildman–Crippen MR) is 156 cm³/mol. The summed E-state index contributed by atoms with van der Waals surface area (Å²) < 4.78 is 5.31. The number of benzene rings is 2. The number of pyridine rings is 1. The largest absolute Gasteiger partial charge is 0.444 e. The van der Waals surface area contributed by atoms with Gasteiger partial charge in [-0.2, -0.15) is 0 Å². The minimum absolute atomic E-state index is 0.00454. The monoisotopic (exact) mass is 583 g/mol. The maximum Gasteiger partial charge on any atom is 0.417 e. The molecule has 11 nitrogen and oxygen atoms in total. The summed E-state index contributed by atoms with van der Waals surface area (Å²) in [5.41, 5.74) is 0.334. The number of likely N-dealkylation sites (tertiary alicyclic amines) is 2. The summed E-state index contributed by atoms with van der Waals surface area (Å²) >= 11 is 0. The van der Waals surface area contributed by atoms with Crippen LogP contribution in [0.4, 0.5) is 10.5 Å². The van der Waals surface area contributed by atoms with Crippen LogP contribution in [0.2, 0.25) is 0 Å². The minimum Gasteiger partial charge on any atom is -0.444 e. The van der Waals surface area contributed by atoms with E-state index >= 15 is 0 Å². The van der Waals surface area contributed by atoms with E-state index in [4.69, 9.17) is 4.74 Å². The molecule has 5 rings (SSSR count). The van der Waals surface area contributed by atoms with Crippen molar-refractivity contribution in [2.75, 3.05) is 11.9 Å². The summed E-state index contributed by atoms with van der Waals surface area (Å²) in [5.74, 6) is -2.07. The first-order chi connectivity index (χ1) is 20.8. The number of amides is 5. The Hall–Kier alpha value is -5.06. The molecule has 3 aromatic rings. The molecule has 222 valence electrons. The van der Waals surface area contributed by atoms with Crippen LogP contribution < -0.4 is 10.6 Å². The number of nitrogens with one attached hydrogen (secondary N) is 2. The van der Waals surface area contributed by atoms with Gasteiger partial charge in [0.2, 0.25) is 17.7 Å². The lowest BCUT2D eigenvalue weighted by atomic mass is 9.89. The number of ether oxygens (including phenoxy) is 1. The van der Waals surface area contributed by atoms with Gasteiger partial charge in [-0.15, -0.1) is 0 Å². The van der Waals surface area contributed by atoms with Crippen molar-refractivity contribution in [3.8, 4) is 0 Å². The standard InChI is InChI=1S/C32H33N5O6/c1-22(34-28(39)25-16-17-27(38)37(25)31(42)43-21-23-11-4-2-5-12-23)29(40)36-20-10-18-32(36,26-15-8-9-19-33-26)30(41)35-24-13-6-3-7-14-24/h2-9,11-15,19,22,25H,10,16-18,20-21H2,1H3,(H,34,39)(H,35,41)/t22-,25-,32+/m0/s1. The summed E-state index contributed by atoms with van der Waals surface area (Å²) in [6, 6.07) is 21.0. The quantitative estimate of drug-likeness (QED) is 0.415. The number of nitrogens with zero attached hydrogens (tertiary/aromatic N) is 3. The lowest BCUT2D eigenvalue weighted by Gasteiger charge is -2.38. The first-order valence-corrected chi connectivity index (χ1v) is 14.2. The predicted octanol–water partition coefficient (Wildman–Crippen LogP) is 3.37. The normalized spacial score (nSPS) is 20.4. The third-order valence-electron chi connectivity index (χ3n) is 7.79. The van der Waals surface area contributed by atoms with Crippen molar-refractivity contribution in [2.45, 2.75) is 56.8 Å². The van der Waals surface area contributed by atoms with Gasteiger partial charge in [0.1, 0.15) is 18.7 Å². The zero-order chi connectivity index (χ0) is 30.4. The van der Waals surface area contributed by atoms with E-state index in [-0.39, 0.29) is 26.0 Å². The third-order valence-corrected chi connectivity index (χ3v) is 7.79. The highest BCUT2D eigenvalue weighted by Crippen LogP contribution is 2.39. The molecule has 3 atom stereocenters. The molecule has 0 spiro atoms. The van der Waals surface area contributed by atoms with Gasteiger partial charge in [0.15, 0.2) is 5.54 Å². The van der Waals surface area contributed by atoms with E-state index in [0.717, 1.165) is 10.5 Å². The molecule has 43 heavy (non-hydrogen) atoms. The second-order valence-electron chi connectivity index (χ2n) is 10.6. The summed E-state index contributed by atoms with van der Waals surface area (Å²) in [7, 11) is 0. The number of hydrogen-bond donors (Lipinski definition) is 2. The second kappa shape index (κ2) is 12.8. The highest BCUT2D eigenvalue weighted by Gasteiger charge is 2.53. The van der Waals surface area contributed by atoms with Gasteiger partial charge in [-0.3, -0.25) is 24.2 Å². The first kappa shape index (κ1) is 29.4. The van der Waals surface area contributed by atoms with Crippen LogP contribution in [0.5, 0.6) is 0 Å². The van der Waals surface area contributed by atoms with Crippen molar-refractivity contribution < 1.29 is 28.7 Å². The number of para-hydroxylation sites is 1. The molecule has 3 heterocycles. The minimum atomic E-state index is -1.40. The topological polar surface area (TPSA) is 138 Å². The van der Waals surface area contributed by atoms with Gasteiger partial charge in [-0.05, 0) is 56.0 Å². The summed E-state index contributed by atoms with van der Waals surface area (Å²) in [6.07, 6.45) is 1.64. The van der Waals surface area contributed by atoms with E-state index < -0.39 is 47.3 Å². The molecule has 11 heteroatoms. The second-order valence-corrected chi connectivity index (χ2v) is 10.6.